The summed E-state index contributed by atoms with van der Waals surface area (Å²) in [6, 6.07) is -1.10. The van der Waals surface area contributed by atoms with Crippen LogP contribution in [0.4, 0.5) is 4.79 Å². The van der Waals surface area contributed by atoms with Gasteiger partial charge in [0.2, 0.25) is 0 Å². The van der Waals surface area contributed by atoms with Crippen molar-refractivity contribution >= 4 is 35.0 Å². The van der Waals surface area contributed by atoms with Gasteiger partial charge in [0.1, 0.15) is 11.6 Å². The number of rotatable bonds is 4. The van der Waals surface area contributed by atoms with Gasteiger partial charge in [-0.2, -0.15) is 0 Å². The van der Waals surface area contributed by atoms with Crippen LogP contribution in [-0.4, -0.2) is 33.8 Å². The summed E-state index contributed by atoms with van der Waals surface area (Å²) in [5.41, 5.74) is -0.171. The van der Waals surface area contributed by atoms with E-state index in [-0.39, 0.29) is 6.42 Å². The van der Waals surface area contributed by atoms with Gasteiger partial charge in [-0.1, -0.05) is 11.6 Å². The van der Waals surface area contributed by atoms with Crippen molar-refractivity contribution in [2.45, 2.75) is 38.8 Å². The Morgan fingerprint density at radius 1 is 1.58 bits per heavy atom. The van der Waals surface area contributed by atoms with Crippen molar-refractivity contribution < 1.29 is 19.4 Å². The predicted molar refractivity (Wildman–Crippen MR) is 71.6 cm³/mol. The third-order valence-electron chi connectivity index (χ3n) is 1.93. The number of carboxylic acids is 1. The maximum atomic E-state index is 11.5. The summed E-state index contributed by atoms with van der Waals surface area (Å²) in [6.45, 7) is 5.09. The molecule has 0 unspecified atom stereocenters. The van der Waals surface area contributed by atoms with Gasteiger partial charge in [-0.05, 0) is 20.8 Å². The van der Waals surface area contributed by atoms with Crippen molar-refractivity contribution in [3.63, 3.8) is 0 Å². The number of amides is 1. The van der Waals surface area contributed by atoms with E-state index in [2.05, 4.69) is 10.3 Å². The van der Waals surface area contributed by atoms with Gasteiger partial charge in [0, 0.05) is 11.8 Å². The number of carboxylic acid groups (broad SMARTS) is 1. The summed E-state index contributed by atoms with van der Waals surface area (Å²) in [7, 11) is 0. The molecule has 1 aromatic rings. The largest absolute Gasteiger partial charge is 0.480 e. The molecule has 0 aliphatic carbocycles. The van der Waals surface area contributed by atoms with Crippen molar-refractivity contribution in [3.8, 4) is 0 Å². The number of ether oxygens (including phenoxy) is 1. The molecule has 19 heavy (non-hydrogen) atoms. The molecule has 1 rings (SSSR count). The molecule has 6 nitrogen and oxygen atoms in total. The summed E-state index contributed by atoms with van der Waals surface area (Å²) in [6.07, 6.45) is -0.723. The zero-order valence-electron chi connectivity index (χ0n) is 10.8. The molecule has 0 aliphatic rings. The van der Waals surface area contributed by atoms with Crippen molar-refractivity contribution in [3.05, 3.63) is 15.5 Å². The summed E-state index contributed by atoms with van der Waals surface area (Å²) < 4.78 is 5.33. The second-order valence-corrected chi connectivity index (χ2v) is 6.27. The zero-order chi connectivity index (χ0) is 14.6. The van der Waals surface area contributed by atoms with Gasteiger partial charge in [-0.15, -0.1) is 11.3 Å². The van der Waals surface area contributed by atoms with Crippen LogP contribution in [0, 0.1) is 0 Å². The summed E-state index contributed by atoms with van der Waals surface area (Å²) in [5.74, 6) is -1.16. The number of nitrogens with one attached hydrogen (secondary N) is 1. The number of carbonyl (C=O) groups is 2. The number of thiazole rings is 1. The van der Waals surface area contributed by atoms with Gasteiger partial charge >= 0.3 is 12.1 Å². The van der Waals surface area contributed by atoms with Crippen LogP contribution in [0.3, 0.4) is 0 Å². The van der Waals surface area contributed by atoms with Crippen LogP contribution in [0.15, 0.2) is 5.38 Å². The smallest absolute Gasteiger partial charge is 0.408 e. The maximum absolute atomic E-state index is 11.5. The van der Waals surface area contributed by atoms with Gasteiger partial charge in [0.05, 0.1) is 5.69 Å². The van der Waals surface area contributed by atoms with E-state index in [0.29, 0.717) is 10.2 Å². The molecule has 0 aliphatic heterocycles. The number of halogens is 1. The van der Waals surface area contributed by atoms with Gasteiger partial charge in [0.25, 0.3) is 0 Å². The Labute approximate surface area is 119 Å². The van der Waals surface area contributed by atoms with E-state index in [1.807, 2.05) is 0 Å². The molecule has 0 radical (unpaired) electrons. The third kappa shape index (κ3) is 5.89. The van der Waals surface area contributed by atoms with Crippen LogP contribution in [0.1, 0.15) is 26.5 Å². The first-order chi connectivity index (χ1) is 8.67. The molecule has 0 fully saturated rings. The van der Waals surface area contributed by atoms with E-state index >= 15 is 0 Å². The van der Waals surface area contributed by atoms with Crippen molar-refractivity contribution in [1.29, 1.82) is 0 Å². The molecular formula is C11H15ClN2O4S. The van der Waals surface area contributed by atoms with Crippen LogP contribution in [0.25, 0.3) is 0 Å². The Balaban J connectivity index is 2.63. The van der Waals surface area contributed by atoms with Crippen molar-refractivity contribution in [1.82, 2.24) is 10.3 Å². The average Bonchev–Trinajstić information content (AvgIpc) is 2.60. The van der Waals surface area contributed by atoms with E-state index in [1.54, 1.807) is 26.2 Å². The van der Waals surface area contributed by atoms with E-state index in [0.717, 1.165) is 0 Å². The summed E-state index contributed by atoms with van der Waals surface area (Å²) in [4.78, 5) is 26.6. The minimum Gasteiger partial charge on any atom is -0.480 e. The second-order valence-electron chi connectivity index (χ2n) is 4.83. The SMILES string of the molecule is CC(C)(C)OC(=O)N[C@@H](Cc1csc(Cl)n1)C(=O)O. The number of hydrogen-bond acceptors (Lipinski definition) is 5. The second kappa shape index (κ2) is 6.21. The van der Waals surface area contributed by atoms with Crippen LogP contribution in [0.5, 0.6) is 0 Å². The molecule has 0 saturated carbocycles. The fourth-order valence-electron chi connectivity index (χ4n) is 1.24. The molecule has 1 atom stereocenters. The Bertz CT molecular complexity index is 470. The highest BCUT2D eigenvalue weighted by Gasteiger charge is 2.24. The van der Waals surface area contributed by atoms with Crippen molar-refractivity contribution in [2.24, 2.45) is 0 Å². The monoisotopic (exact) mass is 306 g/mol. The molecule has 1 aromatic heterocycles. The Kier molecular flexibility index (Phi) is 5.13. The molecule has 0 spiro atoms. The Hall–Kier alpha value is -1.34. The number of aliphatic carboxylic acids is 1. The number of alkyl carbamates (subject to hydrolysis) is 1. The van der Waals surface area contributed by atoms with Crippen LogP contribution in [0.2, 0.25) is 4.47 Å². The quantitative estimate of drug-likeness (QED) is 0.891. The van der Waals surface area contributed by atoms with Crippen LogP contribution in [-0.2, 0) is 16.0 Å². The zero-order valence-corrected chi connectivity index (χ0v) is 12.3. The number of nitrogens with zero attached hydrogens (tertiary/aromatic N) is 1. The Morgan fingerprint density at radius 2 is 2.21 bits per heavy atom. The highest BCUT2D eigenvalue weighted by Crippen LogP contribution is 2.16. The van der Waals surface area contributed by atoms with Gasteiger partial charge < -0.3 is 15.2 Å². The highest BCUT2D eigenvalue weighted by molar-refractivity contribution is 7.13. The molecular weight excluding hydrogens is 292 g/mol. The molecule has 2 N–H and O–H groups in total. The number of aromatic nitrogens is 1. The summed E-state index contributed by atoms with van der Waals surface area (Å²) >= 11 is 6.87. The lowest BCUT2D eigenvalue weighted by Gasteiger charge is -2.21. The van der Waals surface area contributed by atoms with E-state index in [9.17, 15) is 9.59 Å². The first-order valence-corrected chi connectivity index (χ1v) is 6.75. The first kappa shape index (κ1) is 15.7. The van der Waals surface area contributed by atoms with Gasteiger partial charge in [0.15, 0.2) is 4.47 Å². The normalized spacial score (nSPS) is 12.8. The Morgan fingerprint density at radius 3 is 2.63 bits per heavy atom. The lowest BCUT2D eigenvalue weighted by Crippen LogP contribution is -2.44. The maximum Gasteiger partial charge on any atom is 0.408 e. The highest BCUT2D eigenvalue weighted by atomic mass is 35.5. The van der Waals surface area contributed by atoms with Gasteiger partial charge in [-0.3, -0.25) is 0 Å². The topological polar surface area (TPSA) is 88.5 Å². The van der Waals surface area contributed by atoms with Crippen LogP contribution < -0.4 is 5.32 Å². The van der Waals surface area contributed by atoms with Crippen LogP contribution >= 0.6 is 22.9 Å². The van der Waals surface area contributed by atoms with Gasteiger partial charge in [-0.25, -0.2) is 14.6 Å². The fraction of sp³-hybridized carbons (Fsp3) is 0.545. The van der Waals surface area contributed by atoms with E-state index < -0.39 is 23.7 Å². The molecule has 1 heterocycles. The molecule has 8 heteroatoms. The molecule has 0 bridgehead atoms. The lowest BCUT2D eigenvalue weighted by molar-refractivity contribution is -0.139. The van der Waals surface area contributed by atoms with Crippen molar-refractivity contribution in [2.75, 3.05) is 0 Å². The number of carbonyl (C=O) groups excluding carboxylic acids is 1. The average molecular weight is 307 g/mol. The lowest BCUT2D eigenvalue weighted by atomic mass is 10.2. The van der Waals surface area contributed by atoms with E-state index in [1.165, 1.54) is 11.3 Å². The molecule has 0 saturated heterocycles. The minimum atomic E-state index is -1.16. The summed E-state index contributed by atoms with van der Waals surface area (Å²) in [5, 5.41) is 13.0. The predicted octanol–water partition coefficient (Wildman–Crippen LogP) is 2.32. The third-order valence-corrected chi connectivity index (χ3v) is 2.95. The standard InChI is InChI=1S/C11H15ClN2O4S/c1-11(2,3)18-10(17)14-7(8(15)16)4-6-5-19-9(12)13-6/h5,7H,4H2,1-3H3,(H,14,17)(H,15,16)/t7-/m0/s1. The molecule has 106 valence electrons. The van der Waals surface area contributed by atoms with E-state index in [4.69, 9.17) is 21.4 Å². The number of hydrogen-bond donors (Lipinski definition) is 2. The fourth-order valence-corrected chi connectivity index (χ4v) is 2.03. The molecule has 1 amide bonds. The first-order valence-electron chi connectivity index (χ1n) is 5.49. The minimum absolute atomic E-state index is 0.0534. The molecule has 0 aromatic carbocycles.